The van der Waals surface area contributed by atoms with Gasteiger partial charge in [0.05, 0.1) is 27.2 Å². The number of benzene rings is 2. The highest BCUT2D eigenvalue weighted by molar-refractivity contribution is 7.92. The van der Waals surface area contributed by atoms with Crippen molar-refractivity contribution in [3.63, 3.8) is 0 Å². The van der Waals surface area contributed by atoms with Crippen LogP contribution in [0.1, 0.15) is 5.56 Å². The van der Waals surface area contributed by atoms with Gasteiger partial charge in [0.2, 0.25) is 0 Å². The van der Waals surface area contributed by atoms with E-state index in [2.05, 4.69) is 4.72 Å². The number of nitrogens with one attached hydrogen (secondary N) is 1. The second kappa shape index (κ2) is 5.31. The Morgan fingerprint density at radius 3 is 2.37 bits per heavy atom. The summed E-state index contributed by atoms with van der Waals surface area (Å²) in [5.41, 5.74) is 0.608. The lowest BCUT2D eigenvalue weighted by Crippen LogP contribution is -2.13. The van der Waals surface area contributed by atoms with Gasteiger partial charge >= 0.3 is 0 Å². The van der Waals surface area contributed by atoms with Gasteiger partial charge in [-0.2, -0.15) is 5.26 Å². The predicted molar refractivity (Wildman–Crippen MR) is 73.4 cm³/mol. The molecule has 0 aliphatic carbocycles. The molecule has 0 atom stereocenters. The fourth-order valence-electron chi connectivity index (χ4n) is 1.47. The van der Waals surface area contributed by atoms with Crippen LogP contribution in [-0.4, -0.2) is 8.42 Å². The first-order valence-corrected chi connectivity index (χ1v) is 7.16. The van der Waals surface area contributed by atoms with E-state index in [0.29, 0.717) is 5.56 Å². The number of sulfonamides is 1. The number of hydrogen-bond acceptors (Lipinski definition) is 3. The number of nitrogens with zero attached hydrogens (tertiary/aromatic N) is 1. The molecule has 0 spiro atoms. The summed E-state index contributed by atoms with van der Waals surface area (Å²) in [5.74, 6) is 0. The lowest BCUT2D eigenvalue weighted by atomic mass is 10.2. The van der Waals surface area contributed by atoms with Gasteiger partial charge in [-0.3, -0.25) is 4.72 Å². The van der Waals surface area contributed by atoms with E-state index < -0.39 is 10.0 Å². The van der Waals surface area contributed by atoms with Crippen molar-refractivity contribution < 1.29 is 8.42 Å². The van der Waals surface area contributed by atoms with Crippen LogP contribution in [-0.2, 0) is 10.0 Å². The zero-order valence-corrected chi connectivity index (χ0v) is 11.2. The fourth-order valence-corrected chi connectivity index (χ4v) is 2.86. The molecule has 6 heteroatoms. The van der Waals surface area contributed by atoms with E-state index in [1.165, 1.54) is 30.3 Å². The topological polar surface area (TPSA) is 70.0 Å². The third kappa shape index (κ3) is 3.05. The molecular formula is C13H9ClN2O2S. The number of halogens is 1. The van der Waals surface area contributed by atoms with E-state index >= 15 is 0 Å². The zero-order chi connectivity index (χ0) is 13.9. The first-order chi connectivity index (χ1) is 9.03. The Balaban J connectivity index is 2.34. The molecule has 0 bridgehead atoms. The highest BCUT2D eigenvalue weighted by atomic mass is 35.5. The van der Waals surface area contributed by atoms with E-state index in [9.17, 15) is 8.42 Å². The Morgan fingerprint density at radius 1 is 1.11 bits per heavy atom. The number of nitriles is 1. The van der Waals surface area contributed by atoms with Crippen molar-refractivity contribution in [2.75, 3.05) is 4.72 Å². The number of anilines is 1. The molecule has 0 saturated heterocycles. The first-order valence-electron chi connectivity index (χ1n) is 5.30. The van der Waals surface area contributed by atoms with Crippen molar-refractivity contribution in [3.8, 4) is 6.07 Å². The SMILES string of the molecule is N#Cc1ccc(NS(=O)(=O)c2ccccc2)c(Cl)c1. The number of rotatable bonds is 3. The van der Waals surface area contributed by atoms with Crippen molar-refractivity contribution in [3.05, 3.63) is 59.1 Å². The molecule has 4 nitrogen and oxygen atoms in total. The molecule has 0 aliphatic heterocycles. The maximum Gasteiger partial charge on any atom is 0.261 e. The third-order valence-electron chi connectivity index (χ3n) is 2.40. The minimum absolute atomic E-state index is 0.149. The van der Waals surface area contributed by atoms with Crippen molar-refractivity contribution >= 4 is 27.3 Å². The predicted octanol–water partition coefficient (Wildman–Crippen LogP) is 3.01. The molecule has 0 fully saturated rings. The summed E-state index contributed by atoms with van der Waals surface area (Å²) in [6.45, 7) is 0. The standard InChI is InChI=1S/C13H9ClN2O2S/c14-12-8-10(9-15)6-7-13(12)16-19(17,18)11-4-2-1-3-5-11/h1-8,16H. The van der Waals surface area contributed by atoms with Crippen LogP contribution in [0.2, 0.25) is 5.02 Å². The van der Waals surface area contributed by atoms with Gasteiger partial charge in [-0.05, 0) is 30.3 Å². The van der Waals surface area contributed by atoms with Crippen LogP contribution >= 0.6 is 11.6 Å². The van der Waals surface area contributed by atoms with Gasteiger partial charge in [0, 0.05) is 0 Å². The summed E-state index contributed by atoms with van der Waals surface area (Å²) >= 11 is 5.92. The fraction of sp³-hybridized carbons (Fsp3) is 0. The summed E-state index contributed by atoms with van der Waals surface area (Å²) in [7, 11) is -3.67. The summed E-state index contributed by atoms with van der Waals surface area (Å²) < 4.78 is 26.5. The molecule has 2 aromatic rings. The molecule has 0 radical (unpaired) electrons. The largest absolute Gasteiger partial charge is 0.278 e. The van der Waals surface area contributed by atoms with Crippen molar-refractivity contribution in [1.82, 2.24) is 0 Å². The molecule has 0 heterocycles. The third-order valence-corrected chi connectivity index (χ3v) is 4.09. The van der Waals surface area contributed by atoms with Crippen LogP contribution < -0.4 is 4.72 Å². The molecular weight excluding hydrogens is 284 g/mol. The van der Waals surface area contributed by atoms with E-state index in [-0.39, 0.29) is 15.6 Å². The average Bonchev–Trinajstić information content (AvgIpc) is 2.42. The quantitative estimate of drug-likeness (QED) is 0.945. The van der Waals surface area contributed by atoms with E-state index in [4.69, 9.17) is 16.9 Å². The Kier molecular flexibility index (Phi) is 3.74. The molecule has 0 amide bonds. The normalized spacial score (nSPS) is 10.7. The maximum absolute atomic E-state index is 12.1. The van der Waals surface area contributed by atoms with E-state index in [1.54, 1.807) is 18.2 Å². The molecule has 2 rings (SSSR count). The van der Waals surface area contributed by atoms with E-state index in [0.717, 1.165) is 0 Å². The monoisotopic (exact) mass is 292 g/mol. The van der Waals surface area contributed by atoms with Crippen molar-refractivity contribution in [2.45, 2.75) is 4.90 Å². The van der Waals surface area contributed by atoms with Crippen LogP contribution in [0.4, 0.5) is 5.69 Å². The van der Waals surface area contributed by atoms with Gasteiger partial charge in [-0.1, -0.05) is 29.8 Å². The van der Waals surface area contributed by atoms with Crippen LogP contribution in [0.25, 0.3) is 0 Å². The van der Waals surface area contributed by atoms with Gasteiger partial charge in [-0.25, -0.2) is 8.42 Å². The smallest absolute Gasteiger partial charge is 0.261 e. The molecule has 0 saturated carbocycles. The molecule has 0 unspecified atom stereocenters. The first kappa shape index (κ1) is 13.4. The minimum atomic E-state index is -3.67. The second-order valence-electron chi connectivity index (χ2n) is 3.72. The summed E-state index contributed by atoms with van der Waals surface area (Å²) in [6.07, 6.45) is 0. The van der Waals surface area contributed by atoms with Gasteiger partial charge in [0.1, 0.15) is 0 Å². The van der Waals surface area contributed by atoms with Gasteiger partial charge < -0.3 is 0 Å². The summed E-state index contributed by atoms with van der Waals surface area (Å²) in [4.78, 5) is 0.149. The number of hydrogen-bond donors (Lipinski definition) is 1. The summed E-state index contributed by atoms with van der Waals surface area (Å²) in [5, 5.41) is 8.90. The molecule has 0 aromatic heterocycles. The molecule has 19 heavy (non-hydrogen) atoms. The zero-order valence-electron chi connectivity index (χ0n) is 9.67. The Morgan fingerprint density at radius 2 is 1.79 bits per heavy atom. The van der Waals surface area contributed by atoms with Crippen LogP contribution in [0.15, 0.2) is 53.4 Å². The average molecular weight is 293 g/mol. The Bertz CT molecular complexity index is 737. The molecule has 96 valence electrons. The van der Waals surface area contributed by atoms with Crippen molar-refractivity contribution in [1.29, 1.82) is 5.26 Å². The second-order valence-corrected chi connectivity index (χ2v) is 5.81. The van der Waals surface area contributed by atoms with Crippen LogP contribution in [0, 0.1) is 11.3 Å². The lowest BCUT2D eigenvalue weighted by molar-refractivity contribution is 0.601. The van der Waals surface area contributed by atoms with E-state index in [1.807, 2.05) is 6.07 Å². The highest BCUT2D eigenvalue weighted by Crippen LogP contribution is 2.25. The van der Waals surface area contributed by atoms with Crippen molar-refractivity contribution in [2.24, 2.45) is 0 Å². The Labute approximate surface area is 116 Å². The van der Waals surface area contributed by atoms with Gasteiger partial charge in [0.15, 0.2) is 0 Å². The van der Waals surface area contributed by atoms with Gasteiger partial charge in [0.25, 0.3) is 10.0 Å². The molecule has 0 aliphatic rings. The molecule has 2 aromatic carbocycles. The maximum atomic E-state index is 12.1. The molecule has 1 N–H and O–H groups in total. The van der Waals surface area contributed by atoms with Crippen LogP contribution in [0.3, 0.4) is 0 Å². The Hall–Kier alpha value is -2.03. The van der Waals surface area contributed by atoms with Crippen LogP contribution in [0.5, 0.6) is 0 Å². The highest BCUT2D eigenvalue weighted by Gasteiger charge is 2.15. The van der Waals surface area contributed by atoms with Gasteiger partial charge in [-0.15, -0.1) is 0 Å². The lowest BCUT2D eigenvalue weighted by Gasteiger charge is -2.09. The minimum Gasteiger partial charge on any atom is -0.278 e. The summed E-state index contributed by atoms with van der Waals surface area (Å²) in [6, 6.07) is 14.3.